The number of aryl methyl sites for hydroxylation is 1. The molecule has 9 heteroatoms. The first-order valence-corrected chi connectivity index (χ1v) is 10.8. The monoisotopic (exact) mass is 496 g/mol. The van der Waals surface area contributed by atoms with Crippen molar-refractivity contribution in [1.82, 2.24) is 14.9 Å². The summed E-state index contributed by atoms with van der Waals surface area (Å²) in [6.07, 6.45) is 0.767. The molecule has 1 aromatic heterocycles. The van der Waals surface area contributed by atoms with Gasteiger partial charge in [0.1, 0.15) is 6.61 Å². The molecule has 6 nitrogen and oxygen atoms in total. The van der Waals surface area contributed by atoms with Crippen LogP contribution in [-0.2, 0) is 19.6 Å². The lowest BCUT2D eigenvalue weighted by atomic mass is 10.2. The maximum atomic E-state index is 6.23. The maximum Gasteiger partial charge on any atom is 0.214 e. The number of rotatable bonds is 9. The minimum atomic E-state index is 0.347. The van der Waals surface area contributed by atoms with Gasteiger partial charge in [0.25, 0.3) is 0 Å². The fourth-order valence-corrected chi connectivity index (χ4v) is 3.80. The van der Waals surface area contributed by atoms with Gasteiger partial charge in [-0.15, -0.1) is 0 Å². The van der Waals surface area contributed by atoms with Crippen LogP contribution in [0.3, 0.4) is 0 Å². The van der Waals surface area contributed by atoms with E-state index in [1.807, 2.05) is 50.2 Å². The first-order chi connectivity index (χ1) is 14.0. The number of halogens is 2. The van der Waals surface area contributed by atoms with Gasteiger partial charge in [0.2, 0.25) is 4.77 Å². The van der Waals surface area contributed by atoms with Crippen molar-refractivity contribution in [1.29, 1.82) is 0 Å². The molecule has 3 aromatic rings. The first kappa shape index (κ1) is 21.7. The number of H-pyrrole nitrogens is 1. The smallest absolute Gasteiger partial charge is 0.214 e. The second-order valence-corrected chi connectivity index (χ2v) is 7.84. The molecule has 1 heterocycles. The summed E-state index contributed by atoms with van der Waals surface area (Å²) < 4.78 is 15.0. The molecule has 0 aliphatic rings. The van der Waals surface area contributed by atoms with Gasteiger partial charge < -0.3 is 14.9 Å². The van der Waals surface area contributed by atoms with Crippen LogP contribution < -0.4 is 14.9 Å². The van der Waals surface area contributed by atoms with E-state index in [2.05, 4.69) is 31.6 Å². The third-order valence-corrected chi connectivity index (χ3v) is 5.43. The van der Waals surface area contributed by atoms with Crippen LogP contribution >= 0.6 is 39.7 Å². The molecule has 2 aromatic carbocycles. The van der Waals surface area contributed by atoms with Crippen molar-refractivity contribution in [3.05, 3.63) is 67.6 Å². The van der Waals surface area contributed by atoms with Gasteiger partial charge in [0.05, 0.1) is 17.6 Å². The molecule has 2 N–H and O–H groups in total. The summed E-state index contributed by atoms with van der Waals surface area (Å²) in [5.74, 6) is 2.15. The molecule has 0 atom stereocenters. The molecule has 0 aliphatic heterocycles. The van der Waals surface area contributed by atoms with Gasteiger partial charge in [-0.05, 0) is 58.8 Å². The molecule has 0 aliphatic carbocycles. The molecule has 0 fully saturated rings. The van der Waals surface area contributed by atoms with Crippen LogP contribution in [0.2, 0.25) is 5.02 Å². The summed E-state index contributed by atoms with van der Waals surface area (Å²) in [6.45, 7) is 5.38. The van der Waals surface area contributed by atoms with Crippen LogP contribution in [0.15, 0.2) is 40.9 Å². The Morgan fingerprint density at radius 1 is 1.24 bits per heavy atom. The van der Waals surface area contributed by atoms with E-state index >= 15 is 0 Å². The highest BCUT2D eigenvalue weighted by Gasteiger charge is 2.14. The highest BCUT2D eigenvalue weighted by Crippen LogP contribution is 2.38. The Morgan fingerprint density at radius 3 is 2.76 bits per heavy atom. The second-order valence-electron chi connectivity index (χ2n) is 6.19. The molecule has 154 valence electrons. The Kier molecular flexibility index (Phi) is 7.57. The summed E-state index contributed by atoms with van der Waals surface area (Å²) in [4.78, 5) is 0. The predicted octanol–water partition coefficient (Wildman–Crippen LogP) is 5.64. The van der Waals surface area contributed by atoms with E-state index in [1.54, 1.807) is 4.68 Å². The van der Waals surface area contributed by atoms with Crippen molar-refractivity contribution in [3.63, 3.8) is 0 Å². The second kappa shape index (κ2) is 10.1. The predicted molar refractivity (Wildman–Crippen MR) is 121 cm³/mol. The van der Waals surface area contributed by atoms with E-state index < -0.39 is 0 Å². The first-order valence-electron chi connectivity index (χ1n) is 9.25. The quantitative estimate of drug-likeness (QED) is 0.375. The van der Waals surface area contributed by atoms with Crippen LogP contribution in [0, 0.1) is 4.77 Å². The van der Waals surface area contributed by atoms with Crippen LogP contribution in [0.5, 0.6) is 11.5 Å². The molecule has 0 spiro atoms. The molecular weight excluding hydrogens is 476 g/mol. The van der Waals surface area contributed by atoms with Gasteiger partial charge in [0.15, 0.2) is 17.3 Å². The average Bonchev–Trinajstić information content (AvgIpc) is 3.07. The molecule has 29 heavy (non-hydrogen) atoms. The molecule has 0 bridgehead atoms. The Bertz CT molecular complexity index is 1040. The molecule has 0 unspecified atom stereocenters. The van der Waals surface area contributed by atoms with Crippen LogP contribution in [0.4, 0.5) is 0 Å². The van der Waals surface area contributed by atoms with E-state index in [4.69, 9.17) is 33.3 Å². The number of nitrogens with zero attached hydrogens (tertiary/aromatic N) is 2. The van der Waals surface area contributed by atoms with Gasteiger partial charge in [-0.25, -0.2) is 4.68 Å². The fourth-order valence-electron chi connectivity index (χ4n) is 2.79. The van der Waals surface area contributed by atoms with E-state index in [0.29, 0.717) is 41.1 Å². The number of aromatic amines is 1. The number of ether oxygens (including phenoxy) is 2. The lowest BCUT2D eigenvalue weighted by Crippen LogP contribution is -2.17. The molecule has 0 saturated heterocycles. The Balaban J connectivity index is 1.79. The zero-order chi connectivity index (χ0) is 20.8. The molecule has 0 amide bonds. The number of benzene rings is 2. The van der Waals surface area contributed by atoms with Gasteiger partial charge >= 0.3 is 0 Å². The Hall–Kier alpha value is -2.03. The molecular formula is C20H22BrClN4O2S. The molecule has 0 saturated carbocycles. The van der Waals surface area contributed by atoms with Crippen LogP contribution in [0.1, 0.15) is 30.8 Å². The van der Waals surface area contributed by atoms with E-state index in [1.165, 1.54) is 0 Å². The maximum absolute atomic E-state index is 6.23. The lowest BCUT2D eigenvalue weighted by molar-refractivity contribution is 0.267. The van der Waals surface area contributed by atoms with Crippen LogP contribution in [-0.4, -0.2) is 21.5 Å². The van der Waals surface area contributed by atoms with Crippen molar-refractivity contribution in [2.45, 2.75) is 33.4 Å². The minimum absolute atomic E-state index is 0.347. The summed E-state index contributed by atoms with van der Waals surface area (Å²) in [5.41, 5.74) is 5.22. The van der Waals surface area contributed by atoms with Gasteiger partial charge in [0, 0.05) is 17.0 Å². The SMILES string of the molecule is CCOc1cc(CNn2c(CC)n[nH]c2=S)cc(Br)c1OCc1ccccc1Cl. The molecule has 3 rings (SSSR count). The standard InChI is InChI=1S/C20H22BrClN4O2S/c1-3-18-24-25-20(29)26(18)23-11-13-9-15(21)19(17(10-13)27-4-2)28-12-14-7-5-6-8-16(14)22/h5-10,23H,3-4,11-12H2,1-2H3,(H,25,29). The van der Waals surface area contributed by atoms with Crippen molar-refractivity contribution in [3.8, 4) is 11.5 Å². The van der Waals surface area contributed by atoms with Crippen molar-refractivity contribution in [2.24, 2.45) is 0 Å². The van der Waals surface area contributed by atoms with Crippen molar-refractivity contribution < 1.29 is 9.47 Å². The van der Waals surface area contributed by atoms with Crippen molar-refractivity contribution >= 4 is 39.7 Å². The minimum Gasteiger partial charge on any atom is -0.490 e. The number of aromatic nitrogens is 3. The van der Waals surface area contributed by atoms with Crippen molar-refractivity contribution in [2.75, 3.05) is 12.0 Å². The van der Waals surface area contributed by atoms with E-state index in [0.717, 1.165) is 27.8 Å². The third kappa shape index (κ3) is 5.32. The average molecular weight is 498 g/mol. The van der Waals surface area contributed by atoms with E-state index in [9.17, 15) is 0 Å². The van der Waals surface area contributed by atoms with E-state index in [-0.39, 0.29) is 0 Å². The zero-order valence-electron chi connectivity index (χ0n) is 16.2. The normalized spacial score (nSPS) is 10.8. The number of hydrogen-bond acceptors (Lipinski definition) is 5. The Morgan fingerprint density at radius 2 is 2.03 bits per heavy atom. The number of hydrogen-bond donors (Lipinski definition) is 2. The third-order valence-electron chi connectivity index (χ3n) is 4.20. The summed E-state index contributed by atoms with van der Waals surface area (Å²) in [5, 5.41) is 7.68. The summed E-state index contributed by atoms with van der Waals surface area (Å²) in [6, 6.07) is 11.6. The zero-order valence-corrected chi connectivity index (χ0v) is 19.3. The lowest BCUT2D eigenvalue weighted by Gasteiger charge is -2.17. The Labute approximate surface area is 188 Å². The van der Waals surface area contributed by atoms with Gasteiger partial charge in [-0.1, -0.05) is 36.7 Å². The fraction of sp³-hybridized carbons (Fsp3) is 0.300. The van der Waals surface area contributed by atoms with Gasteiger partial charge in [-0.3, -0.25) is 5.10 Å². The summed E-state index contributed by atoms with van der Waals surface area (Å²) in [7, 11) is 0. The number of nitrogens with one attached hydrogen (secondary N) is 2. The van der Waals surface area contributed by atoms with Gasteiger partial charge in [-0.2, -0.15) is 5.10 Å². The molecule has 0 radical (unpaired) electrons. The van der Waals surface area contributed by atoms with Crippen LogP contribution in [0.25, 0.3) is 0 Å². The summed E-state index contributed by atoms with van der Waals surface area (Å²) >= 11 is 15.1. The largest absolute Gasteiger partial charge is 0.490 e. The highest BCUT2D eigenvalue weighted by atomic mass is 79.9. The topological polar surface area (TPSA) is 64.1 Å². The highest BCUT2D eigenvalue weighted by molar-refractivity contribution is 9.10.